The molecule has 0 bridgehead atoms. The van der Waals surface area contributed by atoms with Crippen LogP contribution in [0, 0.1) is 0 Å². The van der Waals surface area contributed by atoms with E-state index in [0.717, 1.165) is 0 Å². The summed E-state index contributed by atoms with van der Waals surface area (Å²) in [6, 6.07) is 0. The van der Waals surface area contributed by atoms with Crippen molar-refractivity contribution in [2.75, 3.05) is 13.2 Å². The number of aliphatic hydroxyl groups excluding tert-OH is 1. The van der Waals surface area contributed by atoms with Crippen LogP contribution in [-0.4, -0.2) is 29.4 Å². The van der Waals surface area contributed by atoms with Crippen molar-refractivity contribution in [3.63, 3.8) is 0 Å². The minimum atomic E-state index is -0.399. The molecule has 0 heterocycles. The van der Waals surface area contributed by atoms with Crippen LogP contribution in [0.1, 0.15) is 6.92 Å². The summed E-state index contributed by atoms with van der Waals surface area (Å²) in [4.78, 5) is 0. The van der Waals surface area contributed by atoms with Gasteiger partial charge in [0, 0.05) is 6.54 Å². The topological polar surface area (TPSA) is 75.5 Å². The van der Waals surface area contributed by atoms with E-state index in [9.17, 15) is 0 Å². The summed E-state index contributed by atoms with van der Waals surface area (Å²) in [6.07, 6.45) is -0.399. The molecule has 0 amide bonds. The van der Waals surface area contributed by atoms with Crippen molar-refractivity contribution >= 4 is 0 Å². The summed E-state index contributed by atoms with van der Waals surface area (Å²) in [6.45, 7) is 2.37. The van der Waals surface area contributed by atoms with Gasteiger partial charge in [0.25, 0.3) is 0 Å². The lowest BCUT2D eigenvalue weighted by atomic mass is 10.4. The van der Waals surface area contributed by atoms with Gasteiger partial charge in [0.2, 0.25) is 0 Å². The number of rotatable bonds is 3. The van der Waals surface area contributed by atoms with E-state index in [1.54, 1.807) is 6.92 Å². The highest BCUT2D eigenvalue weighted by molar-refractivity contribution is 4.49. The van der Waals surface area contributed by atoms with Crippen LogP contribution in [0.4, 0.5) is 0 Å². The van der Waals surface area contributed by atoms with E-state index >= 15 is 0 Å². The predicted octanol–water partition coefficient (Wildman–Crippen LogP) is -1.54. The Hall–Kier alpha value is -0.160. The van der Waals surface area contributed by atoms with Crippen LogP contribution < -0.4 is 11.6 Å². The molecule has 0 aromatic heterocycles. The molecule has 0 saturated carbocycles. The zero-order valence-corrected chi connectivity index (χ0v) is 5.04. The number of hydrogen-bond acceptors (Lipinski definition) is 4. The SMILES string of the molecule is CC(O)CN(N)CN. The smallest absolute Gasteiger partial charge is 0.0653 e. The highest BCUT2D eigenvalue weighted by Gasteiger charge is 1.98. The van der Waals surface area contributed by atoms with Crippen LogP contribution >= 0.6 is 0 Å². The summed E-state index contributed by atoms with van der Waals surface area (Å²) in [7, 11) is 0. The quantitative estimate of drug-likeness (QED) is 0.239. The van der Waals surface area contributed by atoms with E-state index in [1.807, 2.05) is 0 Å². The van der Waals surface area contributed by atoms with Crippen molar-refractivity contribution < 1.29 is 5.11 Å². The summed E-state index contributed by atoms with van der Waals surface area (Å²) in [5.74, 6) is 5.22. The zero-order chi connectivity index (χ0) is 6.57. The second-order valence-electron chi connectivity index (χ2n) is 1.80. The van der Waals surface area contributed by atoms with Crippen molar-refractivity contribution in [3.8, 4) is 0 Å². The largest absolute Gasteiger partial charge is 0.392 e. The number of hydrazine groups is 1. The maximum atomic E-state index is 8.68. The number of nitrogens with zero attached hydrogens (tertiary/aromatic N) is 1. The molecule has 0 aromatic carbocycles. The summed E-state index contributed by atoms with van der Waals surface area (Å²) >= 11 is 0. The number of nitrogens with two attached hydrogens (primary N) is 2. The van der Waals surface area contributed by atoms with Crippen LogP contribution in [0.3, 0.4) is 0 Å². The van der Waals surface area contributed by atoms with Crippen molar-refractivity contribution in [1.29, 1.82) is 0 Å². The minimum absolute atomic E-state index is 0.283. The monoisotopic (exact) mass is 119 g/mol. The molecule has 8 heavy (non-hydrogen) atoms. The fraction of sp³-hybridized carbons (Fsp3) is 1.00. The minimum Gasteiger partial charge on any atom is -0.392 e. The van der Waals surface area contributed by atoms with Crippen molar-refractivity contribution in [2.45, 2.75) is 13.0 Å². The van der Waals surface area contributed by atoms with Gasteiger partial charge in [-0.2, -0.15) is 0 Å². The Kier molecular flexibility index (Phi) is 3.72. The van der Waals surface area contributed by atoms with E-state index in [1.165, 1.54) is 5.01 Å². The average Bonchev–Trinajstić information content (AvgIpc) is 1.65. The van der Waals surface area contributed by atoms with Gasteiger partial charge in [0.15, 0.2) is 0 Å². The maximum absolute atomic E-state index is 8.68. The van der Waals surface area contributed by atoms with E-state index < -0.39 is 6.10 Å². The van der Waals surface area contributed by atoms with Gasteiger partial charge in [0.05, 0.1) is 12.8 Å². The van der Waals surface area contributed by atoms with Crippen LogP contribution in [-0.2, 0) is 0 Å². The Labute approximate surface area is 49.0 Å². The van der Waals surface area contributed by atoms with Gasteiger partial charge >= 0.3 is 0 Å². The molecular weight excluding hydrogens is 106 g/mol. The molecule has 4 nitrogen and oxygen atoms in total. The van der Waals surface area contributed by atoms with E-state index in [-0.39, 0.29) is 6.67 Å². The van der Waals surface area contributed by atoms with Gasteiger partial charge in [-0.1, -0.05) is 0 Å². The molecule has 0 rings (SSSR count). The van der Waals surface area contributed by atoms with Crippen molar-refractivity contribution in [3.05, 3.63) is 0 Å². The maximum Gasteiger partial charge on any atom is 0.0653 e. The molecule has 1 atom stereocenters. The molecule has 0 aromatic rings. The number of hydrogen-bond donors (Lipinski definition) is 3. The predicted molar refractivity (Wildman–Crippen MR) is 31.6 cm³/mol. The molecule has 4 heteroatoms. The first kappa shape index (κ1) is 7.84. The highest BCUT2D eigenvalue weighted by Crippen LogP contribution is 1.79. The van der Waals surface area contributed by atoms with E-state index in [0.29, 0.717) is 6.54 Å². The molecule has 1 unspecified atom stereocenters. The Balaban J connectivity index is 3.10. The van der Waals surface area contributed by atoms with Gasteiger partial charge in [-0.3, -0.25) is 5.84 Å². The molecule has 0 saturated heterocycles. The van der Waals surface area contributed by atoms with Gasteiger partial charge < -0.3 is 10.8 Å². The summed E-state index contributed by atoms with van der Waals surface area (Å²) in [5.41, 5.74) is 5.11. The molecule has 0 aliphatic heterocycles. The van der Waals surface area contributed by atoms with E-state index in [4.69, 9.17) is 16.7 Å². The molecular formula is C4H13N3O. The molecule has 0 spiro atoms. The third-order valence-corrected chi connectivity index (χ3v) is 0.733. The van der Waals surface area contributed by atoms with Gasteiger partial charge in [-0.25, -0.2) is 5.01 Å². The molecule has 5 N–H and O–H groups in total. The van der Waals surface area contributed by atoms with Gasteiger partial charge in [-0.15, -0.1) is 0 Å². The van der Waals surface area contributed by atoms with Crippen molar-refractivity contribution in [2.24, 2.45) is 11.6 Å². The second-order valence-corrected chi connectivity index (χ2v) is 1.80. The summed E-state index contributed by atoms with van der Waals surface area (Å²) in [5, 5.41) is 10.0. The lowest BCUT2D eigenvalue weighted by Crippen LogP contribution is -2.40. The Morgan fingerprint density at radius 1 is 1.75 bits per heavy atom. The van der Waals surface area contributed by atoms with E-state index in [2.05, 4.69) is 0 Å². The lowest BCUT2D eigenvalue weighted by Gasteiger charge is -2.14. The zero-order valence-electron chi connectivity index (χ0n) is 5.04. The first-order valence-corrected chi connectivity index (χ1v) is 2.54. The molecule has 0 radical (unpaired) electrons. The average molecular weight is 119 g/mol. The Morgan fingerprint density at radius 3 is 2.38 bits per heavy atom. The third kappa shape index (κ3) is 4.01. The molecule has 0 aliphatic carbocycles. The first-order chi connectivity index (χ1) is 3.66. The number of aliphatic hydroxyl groups is 1. The fourth-order valence-corrected chi connectivity index (χ4v) is 0.414. The summed E-state index contributed by atoms with van der Waals surface area (Å²) < 4.78 is 0. The highest BCUT2D eigenvalue weighted by atomic mass is 16.3. The normalized spacial score (nSPS) is 14.6. The first-order valence-electron chi connectivity index (χ1n) is 2.54. The van der Waals surface area contributed by atoms with Crippen LogP contribution in [0.5, 0.6) is 0 Å². The van der Waals surface area contributed by atoms with Crippen LogP contribution in [0.15, 0.2) is 0 Å². The third-order valence-electron chi connectivity index (χ3n) is 0.733. The molecule has 0 aliphatic rings. The van der Waals surface area contributed by atoms with Crippen LogP contribution in [0.25, 0.3) is 0 Å². The fourth-order valence-electron chi connectivity index (χ4n) is 0.414. The Bertz CT molecular complexity index is 57.2. The standard InChI is InChI=1S/C4H13N3O/c1-4(8)2-7(6)3-5/h4,8H,2-3,5-6H2,1H3. The second kappa shape index (κ2) is 3.80. The lowest BCUT2D eigenvalue weighted by molar-refractivity contribution is 0.129. The van der Waals surface area contributed by atoms with Crippen LogP contribution in [0.2, 0.25) is 0 Å². The molecule has 50 valence electrons. The van der Waals surface area contributed by atoms with Gasteiger partial charge in [-0.05, 0) is 6.92 Å². The molecule has 0 fully saturated rings. The van der Waals surface area contributed by atoms with Gasteiger partial charge in [0.1, 0.15) is 0 Å². The van der Waals surface area contributed by atoms with Crippen molar-refractivity contribution in [1.82, 2.24) is 5.01 Å². The Morgan fingerprint density at radius 2 is 2.25 bits per heavy atom.